The summed E-state index contributed by atoms with van der Waals surface area (Å²) in [6.07, 6.45) is 0.0774. The van der Waals surface area contributed by atoms with E-state index in [1.807, 2.05) is 0 Å². The molecule has 3 aromatic rings. The van der Waals surface area contributed by atoms with Crippen molar-refractivity contribution in [3.05, 3.63) is 104 Å². The first kappa shape index (κ1) is 30.9. The molecule has 41 heavy (non-hydrogen) atoms. The summed E-state index contributed by atoms with van der Waals surface area (Å²) >= 11 is 11.8. The van der Waals surface area contributed by atoms with E-state index < -0.39 is 41.6 Å². The average Bonchev–Trinajstić information content (AvgIpc) is 2.94. The van der Waals surface area contributed by atoms with Gasteiger partial charge in [0.2, 0.25) is 17.5 Å². The number of ether oxygens (including phenoxy) is 2. The lowest BCUT2D eigenvalue weighted by Gasteiger charge is -2.08. The molecular formula is C28H22Cl2N2O9. The van der Waals surface area contributed by atoms with E-state index in [9.17, 15) is 34.1 Å². The van der Waals surface area contributed by atoms with Gasteiger partial charge in [0.25, 0.3) is 5.69 Å². The van der Waals surface area contributed by atoms with Gasteiger partial charge in [-0.05, 0) is 48.9 Å². The van der Waals surface area contributed by atoms with Gasteiger partial charge in [0.1, 0.15) is 0 Å². The highest BCUT2D eigenvalue weighted by Crippen LogP contribution is 2.21. The number of benzene rings is 3. The summed E-state index contributed by atoms with van der Waals surface area (Å²) in [6.45, 7) is -1.10. The molecule has 0 saturated carbocycles. The normalized spacial score (nSPS) is 10.4. The Bertz CT molecular complexity index is 1490. The maximum Gasteiger partial charge on any atom is 0.338 e. The predicted molar refractivity (Wildman–Crippen MR) is 148 cm³/mol. The van der Waals surface area contributed by atoms with Crippen molar-refractivity contribution in [2.45, 2.75) is 19.3 Å². The summed E-state index contributed by atoms with van der Waals surface area (Å²) in [4.78, 5) is 70.9. The number of halogens is 2. The molecule has 0 bridgehead atoms. The molecule has 0 atom stereocenters. The summed E-state index contributed by atoms with van der Waals surface area (Å²) in [5.41, 5.74) is 0.456. The highest BCUT2D eigenvalue weighted by molar-refractivity contribution is 6.36. The smallest absolute Gasteiger partial charge is 0.338 e. The van der Waals surface area contributed by atoms with Gasteiger partial charge in [0, 0.05) is 46.8 Å². The van der Waals surface area contributed by atoms with Crippen molar-refractivity contribution in [2.75, 3.05) is 18.5 Å². The van der Waals surface area contributed by atoms with Crippen molar-refractivity contribution in [3.8, 4) is 0 Å². The second-order valence-corrected chi connectivity index (χ2v) is 9.34. The minimum Gasteiger partial charge on any atom is -0.457 e. The molecule has 0 spiro atoms. The highest BCUT2D eigenvalue weighted by atomic mass is 35.5. The molecule has 11 nitrogen and oxygen atoms in total. The Hall–Kier alpha value is -4.61. The summed E-state index contributed by atoms with van der Waals surface area (Å²) in [5.74, 6) is -2.92. The van der Waals surface area contributed by atoms with Crippen LogP contribution in [-0.2, 0) is 19.1 Å². The number of nitrogens with zero attached hydrogens (tertiary/aromatic N) is 1. The van der Waals surface area contributed by atoms with Gasteiger partial charge in [-0.25, -0.2) is 4.79 Å². The number of rotatable bonds is 13. The van der Waals surface area contributed by atoms with E-state index in [4.69, 9.17) is 32.7 Å². The lowest BCUT2D eigenvalue weighted by atomic mass is 10.1. The Kier molecular flexibility index (Phi) is 11.1. The zero-order chi connectivity index (χ0) is 29.9. The number of nitrogens with one attached hydrogen (secondary N) is 1. The van der Waals surface area contributed by atoms with Crippen LogP contribution in [0.1, 0.15) is 50.3 Å². The molecule has 0 unspecified atom stereocenters. The van der Waals surface area contributed by atoms with Gasteiger partial charge in [0.05, 0.1) is 15.5 Å². The van der Waals surface area contributed by atoms with Crippen molar-refractivity contribution in [2.24, 2.45) is 0 Å². The molecule has 3 rings (SSSR count). The summed E-state index contributed by atoms with van der Waals surface area (Å²) in [7, 11) is 0. The number of non-ortho nitro benzene ring substituents is 1. The van der Waals surface area contributed by atoms with Gasteiger partial charge < -0.3 is 14.8 Å². The second kappa shape index (κ2) is 14.7. The third-order valence-electron chi connectivity index (χ3n) is 5.50. The van der Waals surface area contributed by atoms with E-state index in [1.165, 1.54) is 60.7 Å². The molecule has 13 heteroatoms. The number of esters is 2. The lowest BCUT2D eigenvalue weighted by Crippen LogP contribution is -2.16. The maximum absolute atomic E-state index is 12.3. The second-order valence-electron chi connectivity index (χ2n) is 8.49. The number of hydrogen-bond donors (Lipinski definition) is 1. The van der Waals surface area contributed by atoms with Crippen LogP contribution in [-0.4, -0.2) is 47.5 Å². The van der Waals surface area contributed by atoms with Crippen LogP contribution in [0.25, 0.3) is 0 Å². The number of amides is 1. The summed E-state index contributed by atoms with van der Waals surface area (Å²) < 4.78 is 9.94. The number of carbonyl (C=O) groups is 5. The van der Waals surface area contributed by atoms with E-state index in [2.05, 4.69) is 5.32 Å². The molecule has 0 aromatic heterocycles. The van der Waals surface area contributed by atoms with Crippen LogP contribution in [0, 0.1) is 10.1 Å². The zero-order valence-corrected chi connectivity index (χ0v) is 22.8. The molecule has 1 N–H and O–H groups in total. The molecule has 0 fully saturated rings. The van der Waals surface area contributed by atoms with Crippen LogP contribution in [0.5, 0.6) is 0 Å². The van der Waals surface area contributed by atoms with Gasteiger partial charge in [-0.15, -0.1) is 0 Å². The van der Waals surface area contributed by atoms with Crippen LogP contribution >= 0.6 is 23.2 Å². The van der Waals surface area contributed by atoms with Crippen LogP contribution < -0.4 is 5.32 Å². The van der Waals surface area contributed by atoms with Crippen molar-refractivity contribution in [1.82, 2.24) is 0 Å². The molecule has 0 aliphatic carbocycles. The third-order valence-corrected chi connectivity index (χ3v) is 6.05. The van der Waals surface area contributed by atoms with E-state index in [1.54, 1.807) is 0 Å². The first-order valence-electron chi connectivity index (χ1n) is 12.0. The van der Waals surface area contributed by atoms with E-state index in [0.717, 1.165) is 6.07 Å². The Balaban J connectivity index is 1.37. The molecule has 0 aliphatic heterocycles. The van der Waals surface area contributed by atoms with Crippen molar-refractivity contribution >= 4 is 64.0 Å². The zero-order valence-electron chi connectivity index (χ0n) is 21.3. The molecular weight excluding hydrogens is 579 g/mol. The van der Waals surface area contributed by atoms with Gasteiger partial charge in [-0.3, -0.25) is 29.3 Å². The number of hydrogen-bond acceptors (Lipinski definition) is 9. The maximum atomic E-state index is 12.3. The van der Waals surface area contributed by atoms with Gasteiger partial charge in [0.15, 0.2) is 13.2 Å². The molecule has 212 valence electrons. The Morgan fingerprint density at radius 3 is 2.20 bits per heavy atom. The lowest BCUT2D eigenvalue weighted by molar-refractivity contribution is -0.384. The van der Waals surface area contributed by atoms with E-state index in [0.29, 0.717) is 10.7 Å². The summed E-state index contributed by atoms with van der Waals surface area (Å²) in [6, 6.07) is 15.1. The number of anilines is 1. The van der Waals surface area contributed by atoms with Crippen LogP contribution in [0.4, 0.5) is 11.4 Å². The fourth-order valence-corrected chi connectivity index (χ4v) is 3.92. The molecule has 1 amide bonds. The third kappa shape index (κ3) is 9.52. The average molecular weight is 601 g/mol. The van der Waals surface area contributed by atoms with Crippen molar-refractivity contribution < 1.29 is 38.4 Å². The summed E-state index contributed by atoms with van der Waals surface area (Å²) in [5, 5.41) is 14.0. The molecule has 0 saturated heterocycles. The number of nitro benzene ring substituents is 1. The number of Topliss-reactive ketones (excluding diaryl/α,β-unsaturated/α-hetero) is 2. The van der Waals surface area contributed by atoms with Gasteiger partial charge >= 0.3 is 11.9 Å². The standard InChI is InChI=1S/C28H22Cl2N2O9/c29-19-9-12-22(23(30)14-19)25(34)16-40-27(36)6-2-5-26(35)31-20-10-7-17(8-11-20)28(37)41-15-24(33)18-3-1-4-21(13-18)32(38)39/h1,3-4,7-14H,2,5-6,15-16H2,(H,31,35). The van der Waals surface area contributed by atoms with Crippen molar-refractivity contribution in [3.63, 3.8) is 0 Å². The molecule has 0 heterocycles. The predicted octanol–water partition coefficient (Wildman–Crippen LogP) is 5.48. The highest BCUT2D eigenvalue weighted by Gasteiger charge is 2.16. The fourth-order valence-electron chi connectivity index (χ4n) is 3.41. The number of nitro groups is 1. The minimum absolute atomic E-state index is 0.00435. The Morgan fingerprint density at radius 2 is 1.51 bits per heavy atom. The fraction of sp³-hybridized carbons (Fsp3) is 0.179. The minimum atomic E-state index is -0.794. The monoisotopic (exact) mass is 600 g/mol. The van der Waals surface area contributed by atoms with Crippen LogP contribution in [0.3, 0.4) is 0 Å². The van der Waals surface area contributed by atoms with Crippen LogP contribution in [0.2, 0.25) is 10.0 Å². The van der Waals surface area contributed by atoms with Gasteiger partial charge in [-0.1, -0.05) is 35.3 Å². The SMILES string of the molecule is O=C(CCCC(=O)OCC(=O)c1ccc(Cl)cc1Cl)Nc1ccc(C(=O)OCC(=O)c2cccc([N+](=O)[O-])c2)cc1. The Labute approximate surface area is 243 Å². The Morgan fingerprint density at radius 1 is 0.805 bits per heavy atom. The van der Waals surface area contributed by atoms with Crippen molar-refractivity contribution in [1.29, 1.82) is 0 Å². The number of ketones is 2. The molecule has 0 aliphatic rings. The first-order chi connectivity index (χ1) is 19.5. The number of carbonyl (C=O) groups excluding carboxylic acids is 5. The topological polar surface area (TPSA) is 159 Å². The van der Waals surface area contributed by atoms with E-state index in [-0.39, 0.29) is 52.6 Å². The van der Waals surface area contributed by atoms with Gasteiger partial charge in [-0.2, -0.15) is 0 Å². The molecule has 0 radical (unpaired) electrons. The van der Waals surface area contributed by atoms with E-state index >= 15 is 0 Å². The van der Waals surface area contributed by atoms with Crippen LogP contribution in [0.15, 0.2) is 66.7 Å². The largest absolute Gasteiger partial charge is 0.457 e. The first-order valence-corrected chi connectivity index (χ1v) is 12.8. The quantitative estimate of drug-likeness (QED) is 0.116. The molecule has 3 aromatic carbocycles.